The van der Waals surface area contributed by atoms with E-state index < -0.39 is 0 Å². The van der Waals surface area contributed by atoms with E-state index in [2.05, 4.69) is 36.5 Å². The monoisotopic (exact) mass is 261 g/mol. The average Bonchev–Trinajstić information content (AvgIpc) is 2.81. The van der Waals surface area contributed by atoms with Gasteiger partial charge in [0.25, 0.3) is 0 Å². The van der Waals surface area contributed by atoms with E-state index >= 15 is 0 Å². The number of aryl methyl sites for hydroxylation is 2. The Bertz CT molecular complexity index is 431. The van der Waals surface area contributed by atoms with E-state index in [1.165, 1.54) is 43.4 Å². The van der Waals surface area contributed by atoms with Crippen molar-refractivity contribution in [2.75, 3.05) is 6.54 Å². The van der Waals surface area contributed by atoms with Crippen LogP contribution in [0.15, 0.2) is 17.8 Å². The Kier molecular flexibility index (Phi) is 5.20. The quantitative estimate of drug-likeness (QED) is 0.794. The zero-order valence-corrected chi connectivity index (χ0v) is 12.6. The molecule has 0 spiro atoms. The summed E-state index contributed by atoms with van der Waals surface area (Å²) in [6.45, 7) is 5.49. The molecule has 0 radical (unpaired) electrons. The standard InChI is InChI=1S/C16H27N3/c1-4-11-17-16(13-9-7-6-8-10-13)14-12-19(3)18-15(14)5-2/h9,12,16-17H,4-8,10-11H2,1-3H3. The fourth-order valence-electron chi connectivity index (χ4n) is 2.92. The molecule has 0 aromatic carbocycles. The van der Waals surface area contributed by atoms with Gasteiger partial charge in [-0.2, -0.15) is 5.10 Å². The van der Waals surface area contributed by atoms with Crippen molar-refractivity contribution in [1.29, 1.82) is 0 Å². The van der Waals surface area contributed by atoms with E-state index in [-0.39, 0.29) is 0 Å². The van der Waals surface area contributed by atoms with Crippen molar-refractivity contribution in [1.82, 2.24) is 15.1 Å². The van der Waals surface area contributed by atoms with Gasteiger partial charge in [-0.25, -0.2) is 0 Å². The zero-order valence-electron chi connectivity index (χ0n) is 12.6. The van der Waals surface area contributed by atoms with Crippen LogP contribution in [-0.4, -0.2) is 16.3 Å². The average molecular weight is 261 g/mol. The number of allylic oxidation sites excluding steroid dienone is 1. The predicted octanol–water partition coefficient (Wildman–Crippen LogP) is 3.52. The Hall–Kier alpha value is -1.09. The number of rotatable bonds is 6. The molecule has 0 bridgehead atoms. The summed E-state index contributed by atoms with van der Waals surface area (Å²) in [4.78, 5) is 0. The number of hydrogen-bond acceptors (Lipinski definition) is 2. The summed E-state index contributed by atoms with van der Waals surface area (Å²) in [6.07, 6.45) is 12.0. The van der Waals surface area contributed by atoms with Crippen molar-refractivity contribution >= 4 is 0 Å². The van der Waals surface area contributed by atoms with Crippen molar-refractivity contribution in [3.05, 3.63) is 29.1 Å². The molecule has 1 atom stereocenters. The summed E-state index contributed by atoms with van der Waals surface area (Å²) in [7, 11) is 2.02. The molecule has 1 aliphatic rings. The molecule has 3 nitrogen and oxygen atoms in total. The summed E-state index contributed by atoms with van der Waals surface area (Å²) in [5.41, 5.74) is 4.19. The summed E-state index contributed by atoms with van der Waals surface area (Å²) in [6, 6.07) is 0.379. The van der Waals surface area contributed by atoms with E-state index in [1.807, 2.05) is 11.7 Å². The lowest BCUT2D eigenvalue weighted by Gasteiger charge is -2.24. The number of nitrogens with zero attached hydrogens (tertiary/aromatic N) is 2. The molecule has 1 aromatic heterocycles. The summed E-state index contributed by atoms with van der Waals surface area (Å²) < 4.78 is 1.96. The van der Waals surface area contributed by atoms with Gasteiger partial charge in [0, 0.05) is 18.8 Å². The highest BCUT2D eigenvalue weighted by Crippen LogP contribution is 2.31. The lowest BCUT2D eigenvalue weighted by molar-refractivity contribution is 0.544. The van der Waals surface area contributed by atoms with E-state index in [9.17, 15) is 0 Å². The predicted molar refractivity (Wildman–Crippen MR) is 80.2 cm³/mol. The molecule has 0 amide bonds. The SMILES string of the molecule is CCCNC(C1=CCCCC1)c1cn(C)nc1CC. The Morgan fingerprint density at radius 3 is 2.84 bits per heavy atom. The van der Waals surface area contributed by atoms with E-state index in [4.69, 9.17) is 0 Å². The van der Waals surface area contributed by atoms with Crippen LogP contribution in [0, 0.1) is 0 Å². The molecule has 0 aliphatic heterocycles. The van der Waals surface area contributed by atoms with Crippen LogP contribution in [0.3, 0.4) is 0 Å². The first kappa shape index (κ1) is 14.3. The minimum Gasteiger partial charge on any atom is -0.306 e. The van der Waals surface area contributed by atoms with Crippen LogP contribution in [-0.2, 0) is 13.5 Å². The second-order valence-corrected chi connectivity index (χ2v) is 5.47. The molecule has 1 heterocycles. The van der Waals surface area contributed by atoms with Crippen molar-refractivity contribution < 1.29 is 0 Å². The van der Waals surface area contributed by atoms with Crippen LogP contribution in [0.1, 0.15) is 63.3 Å². The molecule has 0 saturated carbocycles. The van der Waals surface area contributed by atoms with Gasteiger partial charge in [0.1, 0.15) is 0 Å². The lowest BCUT2D eigenvalue weighted by atomic mass is 9.89. The van der Waals surface area contributed by atoms with Gasteiger partial charge in [0.05, 0.1) is 11.7 Å². The van der Waals surface area contributed by atoms with Crippen molar-refractivity contribution in [2.45, 2.75) is 58.4 Å². The number of nitrogens with one attached hydrogen (secondary N) is 1. The lowest BCUT2D eigenvalue weighted by Crippen LogP contribution is -2.25. The fourth-order valence-corrected chi connectivity index (χ4v) is 2.92. The van der Waals surface area contributed by atoms with Gasteiger partial charge in [-0.05, 0) is 45.1 Å². The molecule has 1 aliphatic carbocycles. The van der Waals surface area contributed by atoms with Crippen LogP contribution in [0.25, 0.3) is 0 Å². The van der Waals surface area contributed by atoms with Crippen molar-refractivity contribution in [3.63, 3.8) is 0 Å². The maximum atomic E-state index is 4.60. The van der Waals surface area contributed by atoms with Gasteiger partial charge in [0.2, 0.25) is 0 Å². The molecular weight excluding hydrogens is 234 g/mol. The van der Waals surface area contributed by atoms with Crippen LogP contribution >= 0.6 is 0 Å². The second kappa shape index (κ2) is 6.90. The van der Waals surface area contributed by atoms with Crippen molar-refractivity contribution in [3.8, 4) is 0 Å². The molecule has 3 heteroatoms. The first-order valence-electron chi connectivity index (χ1n) is 7.71. The smallest absolute Gasteiger partial charge is 0.0672 e. The third-order valence-corrected chi connectivity index (χ3v) is 3.88. The van der Waals surface area contributed by atoms with Gasteiger partial charge in [0.15, 0.2) is 0 Å². The summed E-state index contributed by atoms with van der Waals surface area (Å²) in [5.74, 6) is 0. The first-order chi connectivity index (χ1) is 9.26. The van der Waals surface area contributed by atoms with Gasteiger partial charge in [-0.1, -0.05) is 25.5 Å². The highest BCUT2D eigenvalue weighted by Gasteiger charge is 2.21. The molecule has 19 heavy (non-hydrogen) atoms. The molecule has 1 N–H and O–H groups in total. The highest BCUT2D eigenvalue weighted by molar-refractivity contribution is 5.31. The molecule has 0 fully saturated rings. The van der Waals surface area contributed by atoms with E-state index in [1.54, 1.807) is 5.57 Å². The second-order valence-electron chi connectivity index (χ2n) is 5.47. The maximum absolute atomic E-state index is 4.60. The maximum Gasteiger partial charge on any atom is 0.0672 e. The fraction of sp³-hybridized carbons (Fsp3) is 0.688. The Labute approximate surface area is 117 Å². The minimum absolute atomic E-state index is 0.379. The van der Waals surface area contributed by atoms with Crippen LogP contribution in [0.4, 0.5) is 0 Å². The Balaban J connectivity index is 2.27. The number of hydrogen-bond donors (Lipinski definition) is 1. The minimum atomic E-state index is 0.379. The molecule has 1 unspecified atom stereocenters. The third-order valence-electron chi connectivity index (χ3n) is 3.88. The van der Waals surface area contributed by atoms with Crippen LogP contribution < -0.4 is 5.32 Å². The zero-order chi connectivity index (χ0) is 13.7. The van der Waals surface area contributed by atoms with Crippen LogP contribution in [0.2, 0.25) is 0 Å². The molecular formula is C16H27N3. The van der Waals surface area contributed by atoms with Crippen molar-refractivity contribution in [2.24, 2.45) is 7.05 Å². The number of aromatic nitrogens is 2. The van der Waals surface area contributed by atoms with Crippen LogP contribution in [0.5, 0.6) is 0 Å². The largest absolute Gasteiger partial charge is 0.306 e. The molecule has 2 rings (SSSR count). The van der Waals surface area contributed by atoms with Gasteiger partial charge >= 0.3 is 0 Å². The normalized spacial score (nSPS) is 17.3. The van der Waals surface area contributed by atoms with E-state index in [0.717, 1.165) is 13.0 Å². The molecule has 1 aromatic rings. The Morgan fingerprint density at radius 2 is 2.21 bits per heavy atom. The molecule has 0 saturated heterocycles. The van der Waals surface area contributed by atoms with Gasteiger partial charge < -0.3 is 5.32 Å². The third kappa shape index (κ3) is 3.47. The highest BCUT2D eigenvalue weighted by atomic mass is 15.3. The summed E-state index contributed by atoms with van der Waals surface area (Å²) in [5, 5.41) is 8.32. The first-order valence-corrected chi connectivity index (χ1v) is 7.71. The Morgan fingerprint density at radius 1 is 1.37 bits per heavy atom. The van der Waals surface area contributed by atoms with Gasteiger partial charge in [-0.3, -0.25) is 4.68 Å². The van der Waals surface area contributed by atoms with Gasteiger partial charge in [-0.15, -0.1) is 0 Å². The molecule has 106 valence electrons. The van der Waals surface area contributed by atoms with E-state index in [0.29, 0.717) is 6.04 Å². The topological polar surface area (TPSA) is 29.9 Å². The summed E-state index contributed by atoms with van der Waals surface area (Å²) >= 11 is 0.